The third kappa shape index (κ3) is 3.05. The summed E-state index contributed by atoms with van der Waals surface area (Å²) in [4.78, 5) is 0. The Kier molecular flexibility index (Phi) is 3.59. The second-order valence-corrected chi connectivity index (χ2v) is 5.05. The molecule has 2 N–H and O–H groups in total. The van der Waals surface area contributed by atoms with Gasteiger partial charge in [0, 0.05) is 5.54 Å². The fourth-order valence-electron chi connectivity index (χ4n) is 2.59. The Bertz CT molecular complexity index is 342. The molecular weight excluding hydrogens is 201 g/mol. The number of hydrogen-bond acceptors (Lipinski definition) is 1. The van der Waals surface area contributed by atoms with Crippen LogP contribution in [-0.4, -0.2) is 5.54 Å². The molecule has 1 aliphatic rings. The molecule has 0 unspecified atom stereocenters. The molecule has 1 nitrogen and oxygen atoms in total. The Balaban J connectivity index is 1.91. The van der Waals surface area contributed by atoms with Crippen molar-refractivity contribution < 1.29 is 4.39 Å². The topological polar surface area (TPSA) is 26.0 Å². The molecular formula is C14H20FN. The van der Waals surface area contributed by atoms with E-state index in [0.717, 1.165) is 31.2 Å². The van der Waals surface area contributed by atoms with Gasteiger partial charge >= 0.3 is 0 Å². The van der Waals surface area contributed by atoms with Gasteiger partial charge in [-0.1, -0.05) is 31.4 Å². The standard InChI is InChI=1S/C14H20FN/c15-13-6-4-5-12(11-13)7-10-14(16)8-2-1-3-9-14/h4-6,11H,1-3,7-10,16H2. The molecule has 0 radical (unpaired) electrons. The molecule has 0 saturated heterocycles. The van der Waals surface area contributed by atoms with E-state index in [0.29, 0.717) is 0 Å². The van der Waals surface area contributed by atoms with Gasteiger partial charge in [0.15, 0.2) is 0 Å². The van der Waals surface area contributed by atoms with Crippen LogP contribution in [0.2, 0.25) is 0 Å². The van der Waals surface area contributed by atoms with E-state index in [1.54, 1.807) is 12.1 Å². The summed E-state index contributed by atoms with van der Waals surface area (Å²) in [5.41, 5.74) is 7.42. The molecule has 0 heterocycles. The number of aryl methyl sites for hydroxylation is 1. The van der Waals surface area contributed by atoms with Crippen LogP contribution >= 0.6 is 0 Å². The lowest BCUT2D eigenvalue weighted by Crippen LogP contribution is -2.42. The first-order valence-electron chi connectivity index (χ1n) is 6.21. The summed E-state index contributed by atoms with van der Waals surface area (Å²) in [6, 6.07) is 6.86. The van der Waals surface area contributed by atoms with Crippen LogP contribution in [0.5, 0.6) is 0 Å². The van der Waals surface area contributed by atoms with E-state index in [1.165, 1.54) is 25.3 Å². The monoisotopic (exact) mass is 221 g/mol. The highest BCUT2D eigenvalue weighted by Crippen LogP contribution is 2.29. The quantitative estimate of drug-likeness (QED) is 0.831. The van der Waals surface area contributed by atoms with Gasteiger partial charge in [0.1, 0.15) is 5.82 Å². The van der Waals surface area contributed by atoms with E-state index in [1.807, 2.05) is 6.07 Å². The minimum atomic E-state index is -0.146. The summed E-state index contributed by atoms with van der Waals surface area (Å²) in [7, 11) is 0. The predicted octanol–water partition coefficient (Wildman–Crippen LogP) is 3.42. The second-order valence-electron chi connectivity index (χ2n) is 5.05. The second kappa shape index (κ2) is 4.96. The maximum absolute atomic E-state index is 13.0. The van der Waals surface area contributed by atoms with Gasteiger partial charge < -0.3 is 5.73 Å². The summed E-state index contributed by atoms with van der Waals surface area (Å²) in [5.74, 6) is -0.146. The largest absolute Gasteiger partial charge is 0.325 e. The lowest BCUT2D eigenvalue weighted by molar-refractivity contribution is 0.278. The fraction of sp³-hybridized carbons (Fsp3) is 0.571. The van der Waals surface area contributed by atoms with Gasteiger partial charge in [0.05, 0.1) is 0 Å². The van der Waals surface area contributed by atoms with E-state index in [2.05, 4.69) is 0 Å². The van der Waals surface area contributed by atoms with Crippen LogP contribution in [0.4, 0.5) is 4.39 Å². The molecule has 1 saturated carbocycles. The van der Waals surface area contributed by atoms with E-state index in [4.69, 9.17) is 5.73 Å². The summed E-state index contributed by atoms with van der Waals surface area (Å²) >= 11 is 0. The summed E-state index contributed by atoms with van der Waals surface area (Å²) in [5, 5.41) is 0. The Hall–Kier alpha value is -0.890. The van der Waals surface area contributed by atoms with Gasteiger partial charge in [-0.2, -0.15) is 0 Å². The first-order valence-corrected chi connectivity index (χ1v) is 6.21. The van der Waals surface area contributed by atoms with Gasteiger partial charge in [-0.25, -0.2) is 4.39 Å². The molecule has 0 bridgehead atoms. The highest BCUT2D eigenvalue weighted by atomic mass is 19.1. The zero-order chi connectivity index (χ0) is 11.4. The molecule has 1 aromatic rings. The average molecular weight is 221 g/mol. The van der Waals surface area contributed by atoms with Crippen molar-refractivity contribution in [2.24, 2.45) is 5.73 Å². The Morgan fingerprint density at radius 3 is 2.62 bits per heavy atom. The molecule has 1 fully saturated rings. The highest BCUT2D eigenvalue weighted by Gasteiger charge is 2.26. The molecule has 2 rings (SSSR count). The van der Waals surface area contributed by atoms with Crippen molar-refractivity contribution in [3.8, 4) is 0 Å². The molecule has 88 valence electrons. The summed E-state index contributed by atoms with van der Waals surface area (Å²) in [6.07, 6.45) is 7.95. The van der Waals surface area contributed by atoms with Crippen LogP contribution in [0.25, 0.3) is 0 Å². The molecule has 16 heavy (non-hydrogen) atoms. The van der Waals surface area contributed by atoms with Crippen molar-refractivity contribution in [2.75, 3.05) is 0 Å². The zero-order valence-electron chi connectivity index (χ0n) is 9.71. The summed E-state index contributed by atoms with van der Waals surface area (Å²) in [6.45, 7) is 0. The van der Waals surface area contributed by atoms with Gasteiger partial charge in [-0.05, 0) is 43.4 Å². The number of hydrogen-bond donors (Lipinski definition) is 1. The van der Waals surface area contributed by atoms with E-state index in [-0.39, 0.29) is 11.4 Å². The lowest BCUT2D eigenvalue weighted by Gasteiger charge is -2.33. The van der Waals surface area contributed by atoms with Crippen molar-refractivity contribution in [3.63, 3.8) is 0 Å². The predicted molar refractivity (Wildman–Crippen MR) is 64.7 cm³/mol. The normalized spacial score (nSPS) is 19.6. The number of halogens is 1. The van der Waals surface area contributed by atoms with E-state index < -0.39 is 0 Å². The minimum Gasteiger partial charge on any atom is -0.325 e. The number of nitrogens with two attached hydrogens (primary N) is 1. The Morgan fingerprint density at radius 2 is 1.94 bits per heavy atom. The number of benzene rings is 1. The third-order valence-corrected chi connectivity index (χ3v) is 3.65. The van der Waals surface area contributed by atoms with Crippen molar-refractivity contribution in [1.29, 1.82) is 0 Å². The van der Waals surface area contributed by atoms with Crippen LogP contribution in [-0.2, 0) is 6.42 Å². The molecule has 1 aliphatic carbocycles. The minimum absolute atomic E-state index is 0.00453. The molecule has 0 atom stereocenters. The highest BCUT2D eigenvalue weighted by molar-refractivity contribution is 5.16. The smallest absolute Gasteiger partial charge is 0.123 e. The molecule has 0 amide bonds. The molecule has 0 aliphatic heterocycles. The first-order chi connectivity index (χ1) is 7.68. The SMILES string of the molecule is NC1(CCc2cccc(F)c2)CCCCC1. The first kappa shape index (κ1) is 11.6. The van der Waals surface area contributed by atoms with E-state index in [9.17, 15) is 4.39 Å². The maximum atomic E-state index is 13.0. The molecule has 2 heteroatoms. The Morgan fingerprint density at radius 1 is 1.19 bits per heavy atom. The third-order valence-electron chi connectivity index (χ3n) is 3.65. The lowest BCUT2D eigenvalue weighted by atomic mass is 9.79. The van der Waals surface area contributed by atoms with Crippen molar-refractivity contribution in [2.45, 2.75) is 50.5 Å². The van der Waals surface area contributed by atoms with Crippen LogP contribution < -0.4 is 5.73 Å². The van der Waals surface area contributed by atoms with Gasteiger partial charge in [-0.3, -0.25) is 0 Å². The van der Waals surface area contributed by atoms with Gasteiger partial charge in [-0.15, -0.1) is 0 Å². The van der Waals surface area contributed by atoms with Crippen LogP contribution in [0.15, 0.2) is 24.3 Å². The molecule has 0 spiro atoms. The van der Waals surface area contributed by atoms with E-state index >= 15 is 0 Å². The van der Waals surface area contributed by atoms with Gasteiger partial charge in [0.25, 0.3) is 0 Å². The maximum Gasteiger partial charge on any atom is 0.123 e. The zero-order valence-corrected chi connectivity index (χ0v) is 9.71. The Labute approximate surface area is 96.9 Å². The van der Waals surface area contributed by atoms with Crippen molar-refractivity contribution in [1.82, 2.24) is 0 Å². The van der Waals surface area contributed by atoms with Crippen LogP contribution in [0.3, 0.4) is 0 Å². The molecule has 1 aromatic carbocycles. The summed E-state index contributed by atoms with van der Waals surface area (Å²) < 4.78 is 13.0. The van der Waals surface area contributed by atoms with Gasteiger partial charge in [0.2, 0.25) is 0 Å². The van der Waals surface area contributed by atoms with Crippen LogP contribution in [0, 0.1) is 5.82 Å². The van der Waals surface area contributed by atoms with Crippen molar-refractivity contribution in [3.05, 3.63) is 35.6 Å². The molecule has 0 aromatic heterocycles. The van der Waals surface area contributed by atoms with Crippen molar-refractivity contribution >= 4 is 0 Å². The number of rotatable bonds is 3. The fourth-order valence-corrected chi connectivity index (χ4v) is 2.59. The average Bonchev–Trinajstić information content (AvgIpc) is 2.28. The van der Waals surface area contributed by atoms with Crippen LogP contribution in [0.1, 0.15) is 44.1 Å².